The van der Waals surface area contributed by atoms with Gasteiger partial charge in [0, 0.05) is 11.9 Å². The molecule has 8 heteroatoms. The zero-order valence-corrected chi connectivity index (χ0v) is 10.3. The lowest BCUT2D eigenvalue weighted by atomic mass is 10.3. The molecule has 18 heavy (non-hydrogen) atoms. The van der Waals surface area contributed by atoms with Crippen LogP contribution in [0.15, 0.2) is 18.6 Å². The predicted octanol–water partition coefficient (Wildman–Crippen LogP) is 0.146. The number of carboxylic acid groups (broad SMARTS) is 1. The fourth-order valence-corrected chi connectivity index (χ4v) is 2.68. The topological polar surface area (TPSA) is 95.4 Å². The maximum absolute atomic E-state index is 11.8. The Labute approximate surface area is 108 Å². The number of carboxylic acids is 1. The number of urea groups is 1. The standard InChI is InChI=1S/C10H12N4O3S/c15-9(16)8-4-18-6-14(8)10(17)12-3-7-1-2-11-5-13-7/h1-2,5,8H,3-4,6H2,(H,12,17)(H,15,16)/t8-/m0/s1. The first-order chi connectivity index (χ1) is 8.68. The molecule has 0 aliphatic carbocycles. The van der Waals surface area contributed by atoms with E-state index in [1.54, 1.807) is 12.3 Å². The van der Waals surface area contributed by atoms with E-state index in [0.29, 0.717) is 17.3 Å². The first-order valence-corrected chi connectivity index (χ1v) is 6.44. The number of nitrogens with zero attached hydrogens (tertiary/aromatic N) is 3. The van der Waals surface area contributed by atoms with Crippen LogP contribution in [0.25, 0.3) is 0 Å². The smallest absolute Gasteiger partial charge is 0.327 e. The van der Waals surface area contributed by atoms with E-state index in [4.69, 9.17) is 5.11 Å². The summed E-state index contributed by atoms with van der Waals surface area (Å²) in [5, 5.41) is 11.6. The molecular formula is C10H12N4O3S. The van der Waals surface area contributed by atoms with Crippen LogP contribution in [0.4, 0.5) is 4.79 Å². The summed E-state index contributed by atoms with van der Waals surface area (Å²) in [5.41, 5.74) is 0.678. The molecule has 0 bridgehead atoms. The lowest BCUT2D eigenvalue weighted by Crippen LogP contribution is -2.46. The van der Waals surface area contributed by atoms with Crippen LogP contribution in [-0.4, -0.2) is 49.6 Å². The first-order valence-electron chi connectivity index (χ1n) is 5.28. The summed E-state index contributed by atoms with van der Waals surface area (Å²) >= 11 is 1.43. The van der Waals surface area contributed by atoms with Crippen molar-refractivity contribution in [3.63, 3.8) is 0 Å². The summed E-state index contributed by atoms with van der Waals surface area (Å²) in [5.74, 6) is -0.153. The van der Waals surface area contributed by atoms with Crippen molar-refractivity contribution in [2.75, 3.05) is 11.6 Å². The van der Waals surface area contributed by atoms with Gasteiger partial charge in [-0.1, -0.05) is 0 Å². The highest BCUT2D eigenvalue weighted by Gasteiger charge is 2.34. The van der Waals surface area contributed by atoms with Gasteiger partial charge in [-0.05, 0) is 6.07 Å². The number of aromatic nitrogens is 2. The number of hydrogen-bond acceptors (Lipinski definition) is 5. The van der Waals surface area contributed by atoms with Crippen LogP contribution in [0.3, 0.4) is 0 Å². The highest BCUT2D eigenvalue weighted by atomic mass is 32.2. The number of thioether (sulfide) groups is 1. The average Bonchev–Trinajstić information content (AvgIpc) is 2.86. The molecule has 2 heterocycles. The Morgan fingerprint density at radius 1 is 1.61 bits per heavy atom. The maximum Gasteiger partial charge on any atom is 0.327 e. The summed E-state index contributed by atoms with van der Waals surface area (Å²) in [6, 6.07) is 0.555. The first kappa shape index (κ1) is 12.6. The number of aliphatic carboxylic acids is 1. The second-order valence-electron chi connectivity index (χ2n) is 3.68. The SMILES string of the molecule is O=C(O)[C@@H]1CSCN1C(=O)NCc1ccncn1. The van der Waals surface area contributed by atoms with Crippen LogP contribution >= 0.6 is 11.8 Å². The molecule has 1 aliphatic rings. The van der Waals surface area contributed by atoms with Crippen molar-refractivity contribution in [1.29, 1.82) is 0 Å². The van der Waals surface area contributed by atoms with Crippen LogP contribution in [0, 0.1) is 0 Å². The maximum atomic E-state index is 11.8. The normalized spacial score (nSPS) is 18.7. The van der Waals surface area contributed by atoms with Crippen molar-refractivity contribution >= 4 is 23.8 Å². The molecule has 2 N–H and O–H groups in total. The molecule has 2 rings (SSSR count). The molecule has 1 aliphatic heterocycles. The Morgan fingerprint density at radius 2 is 2.44 bits per heavy atom. The van der Waals surface area contributed by atoms with Gasteiger partial charge in [0.1, 0.15) is 12.4 Å². The zero-order valence-electron chi connectivity index (χ0n) is 9.44. The number of rotatable bonds is 3. The van der Waals surface area contributed by atoms with Crippen LogP contribution in [0.2, 0.25) is 0 Å². The second kappa shape index (κ2) is 5.67. The lowest BCUT2D eigenvalue weighted by molar-refractivity contribution is -0.140. The molecule has 0 spiro atoms. The van der Waals surface area contributed by atoms with Crippen LogP contribution < -0.4 is 5.32 Å². The van der Waals surface area contributed by atoms with Gasteiger partial charge in [0.05, 0.1) is 18.1 Å². The van der Waals surface area contributed by atoms with Crippen LogP contribution in [0.1, 0.15) is 5.69 Å². The van der Waals surface area contributed by atoms with Crippen molar-refractivity contribution < 1.29 is 14.7 Å². The van der Waals surface area contributed by atoms with E-state index in [-0.39, 0.29) is 12.6 Å². The summed E-state index contributed by atoms with van der Waals surface area (Å²) < 4.78 is 0. The summed E-state index contributed by atoms with van der Waals surface area (Å²) in [4.78, 5) is 31.8. The highest BCUT2D eigenvalue weighted by molar-refractivity contribution is 7.99. The van der Waals surface area contributed by atoms with Gasteiger partial charge in [-0.25, -0.2) is 19.6 Å². The number of nitrogens with one attached hydrogen (secondary N) is 1. The average molecular weight is 268 g/mol. The van der Waals surface area contributed by atoms with Gasteiger partial charge in [0.15, 0.2) is 0 Å². The van der Waals surface area contributed by atoms with E-state index in [1.807, 2.05) is 0 Å². The summed E-state index contributed by atoms with van der Waals surface area (Å²) in [6.07, 6.45) is 2.98. The van der Waals surface area contributed by atoms with Gasteiger partial charge in [-0.3, -0.25) is 0 Å². The van der Waals surface area contributed by atoms with E-state index in [2.05, 4.69) is 15.3 Å². The van der Waals surface area contributed by atoms with Gasteiger partial charge >= 0.3 is 12.0 Å². The number of amides is 2. The molecule has 0 saturated carbocycles. The zero-order chi connectivity index (χ0) is 13.0. The van der Waals surface area contributed by atoms with Gasteiger partial charge in [-0.2, -0.15) is 0 Å². The largest absolute Gasteiger partial charge is 0.480 e. The van der Waals surface area contributed by atoms with Gasteiger partial charge in [0.25, 0.3) is 0 Å². The Morgan fingerprint density at radius 3 is 3.11 bits per heavy atom. The summed E-state index contributed by atoms with van der Waals surface area (Å²) in [7, 11) is 0. The van der Waals surface area contributed by atoms with Gasteiger partial charge in [-0.15, -0.1) is 11.8 Å². The molecule has 7 nitrogen and oxygen atoms in total. The Bertz CT molecular complexity index is 442. The van der Waals surface area contributed by atoms with Gasteiger partial charge in [0.2, 0.25) is 0 Å². The van der Waals surface area contributed by atoms with Crippen molar-refractivity contribution in [2.45, 2.75) is 12.6 Å². The fraction of sp³-hybridized carbons (Fsp3) is 0.400. The van der Waals surface area contributed by atoms with E-state index >= 15 is 0 Å². The van der Waals surface area contributed by atoms with E-state index in [1.165, 1.54) is 23.0 Å². The minimum Gasteiger partial charge on any atom is -0.480 e. The van der Waals surface area contributed by atoms with Crippen molar-refractivity contribution in [2.24, 2.45) is 0 Å². The third-order valence-electron chi connectivity index (χ3n) is 2.49. The molecule has 0 radical (unpaired) electrons. The van der Waals surface area contributed by atoms with Crippen molar-refractivity contribution in [3.8, 4) is 0 Å². The Hall–Kier alpha value is -1.83. The Kier molecular flexibility index (Phi) is 3.98. The van der Waals surface area contributed by atoms with Crippen molar-refractivity contribution in [1.82, 2.24) is 20.2 Å². The number of hydrogen-bond donors (Lipinski definition) is 2. The second-order valence-corrected chi connectivity index (χ2v) is 4.68. The molecule has 96 valence electrons. The summed E-state index contributed by atoms with van der Waals surface area (Å²) in [6.45, 7) is 0.259. The molecule has 1 atom stereocenters. The van der Waals surface area contributed by atoms with Crippen LogP contribution in [-0.2, 0) is 11.3 Å². The third-order valence-corrected chi connectivity index (χ3v) is 3.50. The van der Waals surface area contributed by atoms with Crippen molar-refractivity contribution in [3.05, 3.63) is 24.3 Å². The number of carbonyl (C=O) groups is 2. The monoisotopic (exact) mass is 268 g/mol. The molecule has 1 fully saturated rings. The molecule has 1 aromatic rings. The molecule has 1 saturated heterocycles. The lowest BCUT2D eigenvalue weighted by Gasteiger charge is -2.20. The van der Waals surface area contributed by atoms with E-state index in [0.717, 1.165) is 0 Å². The third kappa shape index (κ3) is 2.89. The predicted molar refractivity (Wildman–Crippen MR) is 64.9 cm³/mol. The quantitative estimate of drug-likeness (QED) is 0.810. The van der Waals surface area contributed by atoms with Crippen LogP contribution in [0.5, 0.6) is 0 Å². The number of carbonyl (C=O) groups excluding carboxylic acids is 1. The minimum absolute atomic E-state index is 0.259. The molecule has 1 aromatic heterocycles. The van der Waals surface area contributed by atoms with E-state index < -0.39 is 12.0 Å². The molecule has 0 aromatic carbocycles. The molecular weight excluding hydrogens is 256 g/mol. The Balaban J connectivity index is 1.90. The fourth-order valence-electron chi connectivity index (χ4n) is 1.54. The molecule has 2 amide bonds. The van der Waals surface area contributed by atoms with E-state index in [9.17, 15) is 9.59 Å². The highest BCUT2D eigenvalue weighted by Crippen LogP contribution is 2.20. The molecule has 0 unspecified atom stereocenters. The van der Waals surface area contributed by atoms with Gasteiger partial charge < -0.3 is 15.3 Å². The minimum atomic E-state index is -0.975.